The summed E-state index contributed by atoms with van der Waals surface area (Å²) in [6.45, 7) is 8.73. The molecule has 1 N–H and O–H groups in total. The smallest absolute Gasteiger partial charge is 0.129 e. The maximum absolute atomic E-state index is 6.26. The molecule has 0 bridgehead atoms. The van der Waals surface area contributed by atoms with Crippen LogP contribution in [-0.4, -0.2) is 23.6 Å². The van der Waals surface area contributed by atoms with E-state index >= 15 is 0 Å². The van der Waals surface area contributed by atoms with Crippen molar-refractivity contribution < 1.29 is 0 Å². The van der Waals surface area contributed by atoms with Crippen molar-refractivity contribution in [3.63, 3.8) is 0 Å². The van der Waals surface area contributed by atoms with Crippen molar-refractivity contribution in [3.05, 3.63) is 22.8 Å². The lowest BCUT2D eigenvalue weighted by molar-refractivity contribution is 0.424. The van der Waals surface area contributed by atoms with E-state index < -0.39 is 0 Å². The molecule has 1 aromatic heterocycles. The number of terminal acetylenes is 1. The molecular weight excluding hydrogens is 282 g/mol. The van der Waals surface area contributed by atoms with Gasteiger partial charge in [-0.05, 0) is 51.2 Å². The molecule has 0 aromatic carbocycles. The molecule has 0 spiro atoms. The number of aromatic nitrogens is 1. The number of nitrogens with one attached hydrogen (secondary N) is 1. The largest absolute Gasteiger partial charge is 0.345 e. The molecule has 0 radical (unpaired) electrons. The Morgan fingerprint density at radius 3 is 2.76 bits per heavy atom. The van der Waals surface area contributed by atoms with Crippen LogP contribution in [0.15, 0.2) is 12.3 Å². The summed E-state index contributed by atoms with van der Waals surface area (Å²) >= 11 is 6.26. The van der Waals surface area contributed by atoms with Gasteiger partial charge in [0.25, 0.3) is 0 Å². The summed E-state index contributed by atoms with van der Waals surface area (Å²) in [4.78, 5) is 6.63. The first-order valence-corrected chi connectivity index (χ1v) is 7.84. The van der Waals surface area contributed by atoms with Crippen LogP contribution >= 0.6 is 11.6 Å². The lowest BCUT2D eigenvalue weighted by atomic mass is 10.1. The minimum absolute atomic E-state index is 0.0548. The van der Waals surface area contributed by atoms with Crippen LogP contribution in [-0.2, 0) is 6.54 Å². The highest BCUT2D eigenvalue weighted by atomic mass is 35.5. The van der Waals surface area contributed by atoms with Crippen LogP contribution in [0.4, 0.5) is 5.82 Å². The number of halogens is 1. The molecule has 1 saturated carbocycles. The zero-order chi connectivity index (χ0) is 15.5. The molecule has 2 rings (SSSR count). The summed E-state index contributed by atoms with van der Waals surface area (Å²) < 4.78 is 0. The Bertz CT molecular complexity index is 524. The predicted molar refractivity (Wildman–Crippen MR) is 89.6 cm³/mol. The summed E-state index contributed by atoms with van der Waals surface area (Å²) in [5, 5.41) is 4.16. The van der Waals surface area contributed by atoms with E-state index in [-0.39, 0.29) is 5.54 Å². The lowest BCUT2D eigenvalue weighted by Crippen LogP contribution is -2.35. The van der Waals surface area contributed by atoms with Crippen LogP contribution in [0.3, 0.4) is 0 Å². The molecule has 0 aliphatic heterocycles. The van der Waals surface area contributed by atoms with Crippen LogP contribution in [0.25, 0.3) is 0 Å². The fourth-order valence-electron chi connectivity index (χ4n) is 2.10. The molecule has 114 valence electrons. The standard InChI is InChI=1S/C17H24ClN3/c1-5-8-21(12-13-6-7-13)16-9-14(15(18)11-19-16)10-20-17(2,3)4/h1,9,11,13,20H,6-8,10,12H2,2-4H3. The summed E-state index contributed by atoms with van der Waals surface area (Å²) in [7, 11) is 0. The topological polar surface area (TPSA) is 28.2 Å². The molecule has 0 atom stereocenters. The Hall–Kier alpha value is -1.24. The number of hydrogen-bond acceptors (Lipinski definition) is 3. The van der Waals surface area contributed by atoms with Crippen molar-refractivity contribution in [3.8, 4) is 12.3 Å². The van der Waals surface area contributed by atoms with Gasteiger partial charge in [-0.1, -0.05) is 17.5 Å². The quantitative estimate of drug-likeness (QED) is 0.816. The van der Waals surface area contributed by atoms with E-state index in [4.69, 9.17) is 18.0 Å². The monoisotopic (exact) mass is 305 g/mol. The molecule has 0 saturated heterocycles. The maximum atomic E-state index is 6.26. The van der Waals surface area contributed by atoms with Gasteiger partial charge in [0.05, 0.1) is 11.6 Å². The summed E-state index contributed by atoms with van der Waals surface area (Å²) in [6, 6.07) is 2.06. The van der Waals surface area contributed by atoms with Gasteiger partial charge in [0, 0.05) is 24.8 Å². The van der Waals surface area contributed by atoms with Crippen molar-refractivity contribution in [1.82, 2.24) is 10.3 Å². The van der Waals surface area contributed by atoms with Gasteiger partial charge in [0.15, 0.2) is 0 Å². The van der Waals surface area contributed by atoms with E-state index in [9.17, 15) is 0 Å². The molecule has 1 aromatic rings. The molecule has 21 heavy (non-hydrogen) atoms. The number of rotatable bonds is 6. The van der Waals surface area contributed by atoms with Crippen molar-refractivity contribution in [1.29, 1.82) is 0 Å². The lowest BCUT2D eigenvalue weighted by Gasteiger charge is -2.24. The zero-order valence-electron chi connectivity index (χ0n) is 13.1. The normalized spacial score (nSPS) is 14.8. The van der Waals surface area contributed by atoms with Gasteiger partial charge >= 0.3 is 0 Å². The maximum Gasteiger partial charge on any atom is 0.129 e. The van der Waals surface area contributed by atoms with E-state index in [1.165, 1.54) is 12.8 Å². The van der Waals surface area contributed by atoms with Gasteiger partial charge in [0.1, 0.15) is 5.82 Å². The second kappa shape index (κ2) is 6.68. The summed E-state index contributed by atoms with van der Waals surface area (Å²) in [5.74, 6) is 4.42. The molecule has 1 fully saturated rings. The summed E-state index contributed by atoms with van der Waals surface area (Å²) in [5.41, 5.74) is 1.12. The molecule has 4 heteroatoms. The van der Waals surface area contributed by atoms with Gasteiger partial charge < -0.3 is 10.2 Å². The molecule has 0 unspecified atom stereocenters. The van der Waals surface area contributed by atoms with Crippen LogP contribution in [0, 0.1) is 18.3 Å². The second-order valence-corrected chi connectivity index (χ2v) is 7.17. The minimum Gasteiger partial charge on any atom is -0.345 e. The average Bonchev–Trinajstić information content (AvgIpc) is 3.20. The number of pyridine rings is 1. The van der Waals surface area contributed by atoms with Crippen LogP contribution in [0.1, 0.15) is 39.2 Å². The van der Waals surface area contributed by atoms with Crippen LogP contribution in [0.5, 0.6) is 0 Å². The highest BCUT2D eigenvalue weighted by Crippen LogP contribution is 2.31. The fourth-order valence-corrected chi connectivity index (χ4v) is 2.27. The van der Waals surface area contributed by atoms with Gasteiger partial charge in [-0.3, -0.25) is 0 Å². The van der Waals surface area contributed by atoms with Gasteiger partial charge in [0.2, 0.25) is 0 Å². The van der Waals surface area contributed by atoms with Crippen molar-refractivity contribution >= 4 is 17.4 Å². The Labute approximate surface area is 133 Å². The second-order valence-electron chi connectivity index (χ2n) is 6.77. The predicted octanol–water partition coefficient (Wildman–Crippen LogP) is 3.47. The van der Waals surface area contributed by atoms with Crippen molar-refractivity contribution in [2.75, 3.05) is 18.0 Å². The molecule has 1 heterocycles. The summed E-state index contributed by atoms with van der Waals surface area (Å²) in [6.07, 6.45) is 9.82. The Balaban J connectivity index is 2.13. The first-order valence-electron chi connectivity index (χ1n) is 7.47. The van der Waals surface area contributed by atoms with E-state index in [0.717, 1.165) is 30.4 Å². The van der Waals surface area contributed by atoms with Crippen LogP contribution < -0.4 is 10.2 Å². The first kappa shape index (κ1) is 16.1. The minimum atomic E-state index is 0.0548. The van der Waals surface area contributed by atoms with Gasteiger partial charge in [-0.15, -0.1) is 6.42 Å². The van der Waals surface area contributed by atoms with Crippen molar-refractivity contribution in [2.45, 2.75) is 45.7 Å². The van der Waals surface area contributed by atoms with Crippen molar-refractivity contribution in [2.24, 2.45) is 5.92 Å². The number of hydrogen-bond donors (Lipinski definition) is 1. The zero-order valence-corrected chi connectivity index (χ0v) is 13.9. The van der Waals surface area contributed by atoms with Crippen LogP contribution in [0.2, 0.25) is 5.02 Å². The average molecular weight is 306 g/mol. The third-order valence-corrected chi connectivity index (χ3v) is 3.85. The highest BCUT2D eigenvalue weighted by molar-refractivity contribution is 6.31. The Kier molecular flexibility index (Phi) is 5.13. The van der Waals surface area contributed by atoms with E-state index in [2.05, 4.69) is 48.0 Å². The fraction of sp³-hybridized carbons (Fsp3) is 0.588. The molecule has 1 aliphatic carbocycles. The Morgan fingerprint density at radius 1 is 1.48 bits per heavy atom. The van der Waals surface area contributed by atoms with E-state index in [0.29, 0.717) is 11.6 Å². The molecule has 0 amide bonds. The number of nitrogens with zero attached hydrogens (tertiary/aromatic N) is 2. The third kappa shape index (κ3) is 5.22. The molecular formula is C17H24ClN3. The third-order valence-electron chi connectivity index (χ3n) is 3.51. The highest BCUT2D eigenvalue weighted by Gasteiger charge is 2.25. The Morgan fingerprint density at radius 2 is 2.19 bits per heavy atom. The SMILES string of the molecule is C#CCN(CC1CC1)c1cc(CNC(C)(C)C)c(Cl)cn1. The first-order chi connectivity index (χ1) is 9.89. The number of anilines is 1. The molecule has 1 aliphatic rings. The van der Waals surface area contributed by atoms with E-state index in [1.807, 2.05) is 0 Å². The molecule has 3 nitrogen and oxygen atoms in total. The van der Waals surface area contributed by atoms with Gasteiger partial charge in [-0.25, -0.2) is 4.98 Å². The van der Waals surface area contributed by atoms with Gasteiger partial charge in [-0.2, -0.15) is 0 Å². The van der Waals surface area contributed by atoms with E-state index in [1.54, 1.807) is 6.20 Å².